The Labute approximate surface area is 184 Å². The van der Waals surface area contributed by atoms with Crippen LogP contribution in [-0.2, 0) is 10.3 Å². The van der Waals surface area contributed by atoms with Crippen LogP contribution in [0.5, 0.6) is 0 Å². The first kappa shape index (κ1) is 23.3. The van der Waals surface area contributed by atoms with Gasteiger partial charge in [-0.25, -0.2) is 18.2 Å². The van der Waals surface area contributed by atoms with E-state index in [1.54, 1.807) is 6.07 Å². The first-order chi connectivity index (χ1) is 15.2. The molecule has 1 atom stereocenters. The number of carbonyl (C=O) groups excluding carboxylic acids is 1. The number of hydrogen-bond donors (Lipinski definition) is 2. The zero-order valence-corrected chi connectivity index (χ0v) is 17.7. The average molecular weight is 444 g/mol. The maximum absolute atomic E-state index is 14.8. The zero-order chi connectivity index (χ0) is 23.4. The molecule has 0 radical (unpaired) electrons. The number of amides is 1. The van der Waals surface area contributed by atoms with Crippen LogP contribution in [0.3, 0.4) is 0 Å². The molecule has 0 aliphatic carbocycles. The molecule has 1 aliphatic rings. The summed E-state index contributed by atoms with van der Waals surface area (Å²) in [5, 5.41) is 2.55. The van der Waals surface area contributed by atoms with Crippen LogP contribution >= 0.6 is 0 Å². The Morgan fingerprint density at radius 1 is 1.31 bits per heavy atom. The summed E-state index contributed by atoms with van der Waals surface area (Å²) < 4.78 is 49.1. The quantitative estimate of drug-likeness (QED) is 0.701. The van der Waals surface area contributed by atoms with E-state index in [0.717, 1.165) is 31.9 Å². The van der Waals surface area contributed by atoms with Gasteiger partial charge in [-0.15, -0.1) is 0 Å². The largest absolute Gasteiger partial charge is 0.385 e. The first-order valence-electron chi connectivity index (χ1n) is 10.0. The predicted octanol–water partition coefficient (Wildman–Crippen LogP) is 3.86. The summed E-state index contributed by atoms with van der Waals surface area (Å²) in [6.07, 6.45) is 3.17. The molecule has 0 saturated carbocycles. The van der Waals surface area contributed by atoms with Gasteiger partial charge in [0.15, 0.2) is 5.54 Å². The number of ether oxygens (including phenoxy) is 1. The summed E-state index contributed by atoms with van der Waals surface area (Å²) in [6, 6.07) is 6.53. The van der Waals surface area contributed by atoms with Crippen molar-refractivity contribution in [2.75, 3.05) is 18.5 Å². The highest BCUT2D eigenvalue weighted by molar-refractivity contribution is 6.02. The third-order valence-corrected chi connectivity index (χ3v) is 4.97. The van der Waals surface area contributed by atoms with Gasteiger partial charge in [-0.05, 0) is 43.7 Å². The molecule has 6 nitrogen and oxygen atoms in total. The molecule has 0 spiro atoms. The van der Waals surface area contributed by atoms with E-state index in [4.69, 9.17) is 10.5 Å². The van der Waals surface area contributed by atoms with E-state index in [1.807, 2.05) is 6.92 Å². The first-order valence-corrected chi connectivity index (χ1v) is 10.0. The van der Waals surface area contributed by atoms with Crippen LogP contribution in [0.15, 0.2) is 41.5 Å². The number of unbranched alkanes of at least 4 members (excludes halogenated alkanes) is 1. The second-order valence-corrected chi connectivity index (χ2v) is 7.51. The number of rotatable bonds is 4. The van der Waals surface area contributed by atoms with Crippen LogP contribution in [0.4, 0.5) is 18.9 Å². The molecular weight excluding hydrogens is 421 g/mol. The summed E-state index contributed by atoms with van der Waals surface area (Å²) >= 11 is 0. The monoisotopic (exact) mass is 444 g/mol. The topological polar surface area (TPSA) is 89.6 Å². The van der Waals surface area contributed by atoms with Crippen LogP contribution in [0.2, 0.25) is 0 Å². The maximum atomic E-state index is 14.8. The number of nitrogens with one attached hydrogen (secondary N) is 1. The number of nitrogens with two attached hydrogens (primary N) is 1. The summed E-state index contributed by atoms with van der Waals surface area (Å²) in [6.45, 7) is 1.85. The molecule has 3 rings (SSSR count). The third-order valence-electron chi connectivity index (χ3n) is 4.97. The fourth-order valence-corrected chi connectivity index (χ4v) is 3.15. The van der Waals surface area contributed by atoms with Crippen LogP contribution in [-0.4, -0.2) is 35.9 Å². The van der Waals surface area contributed by atoms with E-state index in [2.05, 4.69) is 27.1 Å². The standard InChI is InChI=1S/C23H23F3N4O2/c1-3-4-5-6-15-7-10-19(28-12-15)21(31)29-16-8-9-18(24)17(11-16)22(2)23(25,26)14-32-13-20(27)30-22/h7-12H,3-4,13-14H2,1-2H3,(H2,27,30)(H,29,31)/t22-/m1/s1. The van der Waals surface area contributed by atoms with Gasteiger partial charge in [-0.1, -0.05) is 18.8 Å². The van der Waals surface area contributed by atoms with Crippen molar-refractivity contribution in [2.45, 2.75) is 38.2 Å². The number of nitrogens with zero attached hydrogens (tertiary/aromatic N) is 2. The second-order valence-electron chi connectivity index (χ2n) is 7.51. The molecular formula is C23H23F3N4O2. The molecule has 0 saturated heterocycles. The number of anilines is 1. The molecule has 2 heterocycles. The molecule has 0 unspecified atom stereocenters. The number of halogens is 3. The molecule has 32 heavy (non-hydrogen) atoms. The number of aromatic nitrogens is 1. The van der Waals surface area contributed by atoms with Gasteiger partial charge in [0, 0.05) is 29.4 Å². The Morgan fingerprint density at radius 3 is 2.78 bits per heavy atom. The van der Waals surface area contributed by atoms with Gasteiger partial charge in [0.05, 0.1) is 0 Å². The van der Waals surface area contributed by atoms with Crippen molar-refractivity contribution >= 4 is 17.4 Å². The molecule has 3 N–H and O–H groups in total. The van der Waals surface area contributed by atoms with Gasteiger partial charge in [0.2, 0.25) is 0 Å². The summed E-state index contributed by atoms with van der Waals surface area (Å²) in [5.41, 5.74) is 3.79. The summed E-state index contributed by atoms with van der Waals surface area (Å²) in [7, 11) is 0. The Bertz CT molecular complexity index is 1090. The Morgan fingerprint density at radius 2 is 2.09 bits per heavy atom. The maximum Gasteiger partial charge on any atom is 0.299 e. The molecule has 1 aliphatic heterocycles. The van der Waals surface area contributed by atoms with Crippen molar-refractivity contribution < 1.29 is 22.7 Å². The Hall–Kier alpha value is -3.38. The number of benzene rings is 1. The molecule has 168 valence electrons. The SMILES string of the molecule is CCCC#Cc1ccc(C(=O)Nc2ccc(F)c([C@@]3(C)N=C(N)COCC3(F)F)c2)nc1. The molecule has 1 aromatic heterocycles. The van der Waals surface area contributed by atoms with Gasteiger partial charge < -0.3 is 15.8 Å². The van der Waals surface area contributed by atoms with E-state index in [9.17, 15) is 18.0 Å². The number of aliphatic imine (C=N–C) groups is 1. The molecule has 9 heteroatoms. The normalized spacial score (nSPS) is 19.8. The van der Waals surface area contributed by atoms with Gasteiger partial charge in [0.25, 0.3) is 11.8 Å². The van der Waals surface area contributed by atoms with Crippen LogP contribution < -0.4 is 11.1 Å². The number of pyridine rings is 1. The van der Waals surface area contributed by atoms with Gasteiger partial charge >= 0.3 is 0 Å². The van der Waals surface area contributed by atoms with Gasteiger partial charge in [-0.3, -0.25) is 9.79 Å². The lowest BCUT2D eigenvalue weighted by Crippen LogP contribution is -2.45. The van der Waals surface area contributed by atoms with E-state index in [0.29, 0.717) is 5.56 Å². The van der Waals surface area contributed by atoms with Gasteiger partial charge in [0.1, 0.15) is 30.6 Å². The van der Waals surface area contributed by atoms with Crippen molar-refractivity contribution in [1.82, 2.24) is 4.98 Å². The fourth-order valence-electron chi connectivity index (χ4n) is 3.15. The lowest BCUT2D eigenvalue weighted by molar-refractivity contribution is -0.116. The highest BCUT2D eigenvalue weighted by atomic mass is 19.3. The van der Waals surface area contributed by atoms with Crippen molar-refractivity contribution in [3.8, 4) is 11.8 Å². The lowest BCUT2D eigenvalue weighted by Gasteiger charge is -2.33. The smallest absolute Gasteiger partial charge is 0.299 e. The van der Waals surface area contributed by atoms with E-state index in [-0.39, 0.29) is 23.8 Å². The minimum atomic E-state index is -3.53. The molecule has 1 amide bonds. The van der Waals surface area contributed by atoms with Crippen molar-refractivity contribution in [1.29, 1.82) is 0 Å². The summed E-state index contributed by atoms with van der Waals surface area (Å²) in [4.78, 5) is 20.5. The number of carbonyl (C=O) groups is 1. The van der Waals surface area contributed by atoms with Crippen molar-refractivity contribution in [2.24, 2.45) is 10.7 Å². The summed E-state index contributed by atoms with van der Waals surface area (Å²) in [5.74, 6) is 0.727. The Kier molecular flexibility index (Phi) is 6.84. The fraction of sp³-hybridized carbons (Fsp3) is 0.348. The van der Waals surface area contributed by atoms with Crippen molar-refractivity contribution in [3.63, 3.8) is 0 Å². The van der Waals surface area contributed by atoms with E-state index in [1.165, 1.54) is 18.3 Å². The third kappa shape index (κ3) is 4.92. The molecule has 0 bridgehead atoms. The van der Waals surface area contributed by atoms with Crippen LogP contribution in [0, 0.1) is 17.7 Å². The molecule has 1 aromatic carbocycles. The van der Waals surface area contributed by atoms with E-state index < -0.39 is 35.4 Å². The van der Waals surface area contributed by atoms with Crippen molar-refractivity contribution in [3.05, 3.63) is 59.2 Å². The molecule has 0 fully saturated rings. The highest BCUT2D eigenvalue weighted by Gasteiger charge is 2.54. The van der Waals surface area contributed by atoms with Gasteiger partial charge in [-0.2, -0.15) is 0 Å². The Balaban J connectivity index is 1.87. The highest BCUT2D eigenvalue weighted by Crippen LogP contribution is 2.44. The zero-order valence-electron chi connectivity index (χ0n) is 17.7. The minimum absolute atomic E-state index is 0.0959. The van der Waals surface area contributed by atoms with Crippen LogP contribution in [0.1, 0.15) is 48.3 Å². The minimum Gasteiger partial charge on any atom is -0.385 e. The second kappa shape index (κ2) is 9.40. The average Bonchev–Trinajstić information content (AvgIpc) is 2.85. The predicted molar refractivity (Wildman–Crippen MR) is 115 cm³/mol. The molecule has 2 aromatic rings. The lowest BCUT2D eigenvalue weighted by atomic mass is 9.85. The van der Waals surface area contributed by atoms with Crippen LogP contribution in [0.25, 0.3) is 0 Å². The number of amidine groups is 1. The number of alkyl halides is 2. The number of hydrogen-bond acceptors (Lipinski definition) is 5. The van der Waals surface area contributed by atoms with E-state index >= 15 is 0 Å².